The average Bonchev–Trinajstić information content (AvgIpc) is 2.76. The molecule has 0 aromatic heterocycles. The van der Waals surface area contributed by atoms with Crippen LogP contribution in [0, 0.1) is 13.8 Å². The summed E-state index contributed by atoms with van der Waals surface area (Å²) in [5.41, 5.74) is 3.92. The molecule has 1 atom stereocenters. The number of hydrogen-bond donors (Lipinski definition) is 1. The van der Waals surface area contributed by atoms with Crippen LogP contribution in [0.15, 0.2) is 18.2 Å². The molecule has 2 rings (SSSR count). The van der Waals surface area contributed by atoms with E-state index in [4.69, 9.17) is 4.74 Å². The van der Waals surface area contributed by atoms with Gasteiger partial charge < -0.3 is 10.1 Å². The Hall–Kier alpha value is -1.02. The molecule has 0 spiro atoms. The van der Waals surface area contributed by atoms with E-state index in [-0.39, 0.29) is 0 Å². The van der Waals surface area contributed by atoms with Gasteiger partial charge in [0.2, 0.25) is 0 Å². The van der Waals surface area contributed by atoms with Gasteiger partial charge in [0, 0.05) is 18.8 Å². The quantitative estimate of drug-likeness (QED) is 0.839. The maximum atomic E-state index is 5.59. The van der Waals surface area contributed by atoms with Crippen molar-refractivity contribution in [3.8, 4) is 0 Å². The third kappa shape index (κ3) is 2.99. The van der Waals surface area contributed by atoms with Gasteiger partial charge in [0.05, 0.1) is 6.10 Å². The van der Waals surface area contributed by atoms with E-state index in [0.29, 0.717) is 6.10 Å². The lowest BCUT2D eigenvalue weighted by atomic mass is 10.1. The molecule has 1 heterocycles. The summed E-state index contributed by atoms with van der Waals surface area (Å²) >= 11 is 0. The first kappa shape index (κ1) is 11.5. The Morgan fingerprint density at radius 3 is 2.88 bits per heavy atom. The van der Waals surface area contributed by atoms with Gasteiger partial charge in [-0.2, -0.15) is 0 Å². The van der Waals surface area contributed by atoms with E-state index in [0.717, 1.165) is 19.6 Å². The number of hydrogen-bond acceptors (Lipinski definition) is 2. The third-order valence-electron chi connectivity index (χ3n) is 3.33. The molecule has 1 aliphatic rings. The van der Waals surface area contributed by atoms with Gasteiger partial charge in [-0.25, -0.2) is 0 Å². The molecule has 0 saturated carbocycles. The first-order chi connectivity index (χ1) is 7.75. The highest BCUT2D eigenvalue weighted by Gasteiger charge is 2.14. The van der Waals surface area contributed by atoms with E-state index in [1.54, 1.807) is 0 Å². The molecule has 2 nitrogen and oxygen atoms in total. The molecule has 1 saturated heterocycles. The largest absolute Gasteiger partial charge is 0.385 e. The fourth-order valence-electron chi connectivity index (χ4n) is 2.10. The molecule has 16 heavy (non-hydrogen) atoms. The molecule has 1 N–H and O–H groups in total. The van der Waals surface area contributed by atoms with Crippen LogP contribution in [0.25, 0.3) is 0 Å². The Bertz CT molecular complexity index is 343. The Kier molecular flexibility index (Phi) is 3.83. The summed E-state index contributed by atoms with van der Waals surface area (Å²) < 4.78 is 5.59. The van der Waals surface area contributed by atoms with E-state index in [9.17, 15) is 0 Å². The highest BCUT2D eigenvalue weighted by Crippen LogP contribution is 2.17. The lowest BCUT2D eigenvalue weighted by Gasteiger charge is -2.12. The summed E-state index contributed by atoms with van der Waals surface area (Å²) in [6.07, 6.45) is 4.06. The van der Waals surface area contributed by atoms with Gasteiger partial charge in [-0.15, -0.1) is 0 Å². The Labute approximate surface area is 98.0 Å². The zero-order valence-corrected chi connectivity index (χ0v) is 10.3. The van der Waals surface area contributed by atoms with Crippen LogP contribution in [-0.2, 0) is 4.74 Å². The molecule has 1 aromatic carbocycles. The number of aryl methyl sites for hydroxylation is 2. The van der Waals surface area contributed by atoms with Crippen molar-refractivity contribution in [2.45, 2.75) is 39.2 Å². The average molecular weight is 219 g/mol. The number of nitrogens with one attached hydrogen (secondary N) is 1. The lowest BCUT2D eigenvalue weighted by Crippen LogP contribution is -2.12. The highest BCUT2D eigenvalue weighted by molar-refractivity contribution is 5.47. The molecule has 1 aliphatic heterocycles. The Balaban J connectivity index is 1.78. The van der Waals surface area contributed by atoms with E-state index >= 15 is 0 Å². The number of benzene rings is 1. The minimum Gasteiger partial charge on any atom is -0.385 e. The predicted octanol–water partition coefficient (Wildman–Crippen LogP) is 3.28. The molecule has 88 valence electrons. The van der Waals surface area contributed by atoms with Crippen molar-refractivity contribution in [3.05, 3.63) is 29.3 Å². The van der Waals surface area contributed by atoms with Gasteiger partial charge in [-0.3, -0.25) is 0 Å². The maximum Gasteiger partial charge on any atom is 0.0592 e. The molecule has 0 amide bonds. The van der Waals surface area contributed by atoms with Crippen molar-refractivity contribution >= 4 is 5.69 Å². The van der Waals surface area contributed by atoms with Gasteiger partial charge in [-0.1, -0.05) is 6.07 Å². The smallest absolute Gasteiger partial charge is 0.0592 e. The van der Waals surface area contributed by atoms with Crippen LogP contribution in [0.5, 0.6) is 0 Å². The molecule has 1 fully saturated rings. The van der Waals surface area contributed by atoms with Gasteiger partial charge in [0.25, 0.3) is 0 Å². The summed E-state index contributed by atoms with van der Waals surface area (Å²) in [5, 5.41) is 3.46. The van der Waals surface area contributed by atoms with Gasteiger partial charge >= 0.3 is 0 Å². The number of rotatable bonds is 4. The van der Waals surface area contributed by atoms with E-state index in [1.807, 2.05) is 0 Å². The summed E-state index contributed by atoms with van der Waals surface area (Å²) in [6.45, 7) is 6.26. The van der Waals surface area contributed by atoms with Gasteiger partial charge in [0.1, 0.15) is 0 Å². The zero-order chi connectivity index (χ0) is 11.4. The maximum absolute atomic E-state index is 5.59. The minimum atomic E-state index is 0.485. The fourth-order valence-corrected chi connectivity index (χ4v) is 2.10. The van der Waals surface area contributed by atoms with Crippen LogP contribution in [-0.4, -0.2) is 19.3 Å². The number of anilines is 1. The van der Waals surface area contributed by atoms with Crippen LogP contribution in [0.2, 0.25) is 0 Å². The monoisotopic (exact) mass is 219 g/mol. The summed E-state index contributed by atoms with van der Waals surface area (Å²) in [6, 6.07) is 6.53. The highest BCUT2D eigenvalue weighted by atomic mass is 16.5. The Morgan fingerprint density at radius 1 is 1.31 bits per heavy atom. The van der Waals surface area contributed by atoms with Crippen molar-refractivity contribution in [1.29, 1.82) is 0 Å². The molecule has 1 unspecified atom stereocenters. The van der Waals surface area contributed by atoms with Crippen molar-refractivity contribution in [3.63, 3.8) is 0 Å². The van der Waals surface area contributed by atoms with E-state index in [2.05, 4.69) is 37.4 Å². The first-order valence-electron chi connectivity index (χ1n) is 6.18. The second kappa shape index (κ2) is 5.35. The minimum absolute atomic E-state index is 0.485. The van der Waals surface area contributed by atoms with Crippen LogP contribution in [0.4, 0.5) is 5.69 Å². The van der Waals surface area contributed by atoms with E-state index < -0.39 is 0 Å². The van der Waals surface area contributed by atoms with Crippen LogP contribution < -0.4 is 5.32 Å². The van der Waals surface area contributed by atoms with Crippen LogP contribution >= 0.6 is 0 Å². The van der Waals surface area contributed by atoms with E-state index in [1.165, 1.54) is 29.7 Å². The molecule has 0 aliphatic carbocycles. The second-order valence-electron chi connectivity index (χ2n) is 4.65. The molecule has 0 bridgehead atoms. The second-order valence-corrected chi connectivity index (χ2v) is 4.65. The predicted molar refractivity (Wildman–Crippen MR) is 68.0 cm³/mol. The third-order valence-corrected chi connectivity index (χ3v) is 3.33. The summed E-state index contributed by atoms with van der Waals surface area (Å²) in [7, 11) is 0. The number of ether oxygens (including phenoxy) is 1. The topological polar surface area (TPSA) is 21.3 Å². The molecule has 2 heteroatoms. The Morgan fingerprint density at radius 2 is 2.19 bits per heavy atom. The van der Waals surface area contributed by atoms with Gasteiger partial charge in [-0.05, 0) is 56.4 Å². The van der Waals surface area contributed by atoms with Gasteiger partial charge in [0.15, 0.2) is 0 Å². The molecular formula is C14H21NO. The van der Waals surface area contributed by atoms with Crippen molar-refractivity contribution in [2.24, 2.45) is 0 Å². The molecular weight excluding hydrogens is 198 g/mol. The van der Waals surface area contributed by atoms with Crippen molar-refractivity contribution in [1.82, 2.24) is 0 Å². The standard InChI is InChI=1S/C14H21NO/c1-11-5-6-13(10-12(11)2)15-8-7-14-4-3-9-16-14/h5-6,10,14-15H,3-4,7-9H2,1-2H3. The molecule has 1 aromatic rings. The van der Waals surface area contributed by atoms with Crippen LogP contribution in [0.3, 0.4) is 0 Å². The molecule has 0 radical (unpaired) electrons. The summed E-state index contributed by atoms with van der Waals surface area (Å²) in [5.74, 6) is 0. The van der Waals surface area contributed by atoms with Crippen molar-refractivity contribution in [2.75, 3.05) is 18.5 Å². The van der Waals surface area contributed by atoms with Crippen molar-refractivity contribution < 1.29 is 4.74 Å². The summed E-state index contributed by atoms with van der Waals surface area (Å²) in [4.78, 5) is 0. The normalized spacial score (nSPS) is 20.0. The lowest BCUT2D eigenvalue weighted by molar-refractivity contribution is 0.107. The first-order valence-corrected chi connectivity index (χ1v) is 6.18. The zero-order valence-electron chi connectivity index (χ0n) is 10.3. The fraction of sp³-hybridized carbons (Fsp3) is 0.571. The SMILES string of the molecule is Cc1ccc(NCCC2CCCO2)cc1C. The van der Waals surface area contributed by atoms with Crippen LogP contribution in [0.1, 0.15) is 30.4 Å².